The molecule has 0 bridgehead atoms. The van der Waals surface area contributed by atoms with E-state index in [-0.39, 0.29) is 24.4 Å². The fourth-order valence-electron chi connectivity index (χ4n) is 0.728. The predicted molar refractivity (Wildman–Crippen MR) is 45.2 cm³/mol. The summed E-state index contributed by atoms with van der Waals surface area (Å²) in [7, 11) is 0. The van der Waals surface area contributed by atoms with Crippen LogP contribution in [0.4, 0.5) is 0 Å². The molecule has 0 saturated carbocycles. The number of nitrogens with one attached hydrogen (secondary N) is 1. The Labute approximate surface area is 74.9 Å². The van der Waals surface area contributed by atoms with E-state index in [4.69, 9.17) is 11.0 Å². The Morgan fingerprint density at radius 2 is 2.45 bits per heavy atom. The number of hydrogen-bond acceptors (Lipinski definition) is 4. The Morgan fingerprint density at radius 1 is 1.82 bits per heavy atom. The first-order chi connectivity index (χ1) is 4.75. The van der Waals surface area contributed by atoms with Gasteiger partial charge >= 0.3 is 0 Å². The van der Waals surface area contributed by atoms with Crippen LogP contribution in [0.5, 0.6) is 0 Å². The van der Waals surface area contributed by atoms with Crippen molar-refractivity contribution in [2.24, 2.45) is 5.73 Å². The highest BCUT2D eigenvalue weighted by atomic mass is 35.5. The third-order valence-electron chi connectivity index (χ3n) is 1.39. The Hall–Kier alpha value is -0.440. The molecule has 0 aromatic heterocycles. The van der Waals surface area contributed by atoms with Gasteiger partial charge in [-0.25, -0.2) is 0 Å². The number of halogens is 1. The highest BCUT2D eigenvalue weighted by Gasteiger charge is 2.35. The number of carbonyl (C=O) groups excluding carboxylic acids is 1. The zero-order chi connectivity index (χ0) is 7.56. The first-order valence-electron chi connectivity index (χ1n) is 2.82. The van der Waals surface area contributed by atoms with Gasteiger partial charge in [-0.2, -0.15) is 5.26 Å². The standard InChI is InChI=1S/C5H7N3OS.ClH/c6-2-10-1-3-4(7)5(9)8-3;/h3-4H,1,7H2,(H,8,9);1H/t3-,4+;/m1./s1. The number of thiocyanates is 1. The van der Waals surface area contributed by atoms with E-state index in [2.05, 4.69) is 5.32 Å². The number of hydrogen-bond donors (Lipinski definition) is 2. The molecule has 11 heavy (non-hydrogen) atoms. The van der Waals surface area contributed by atoms with E-state index >= 15 is 0 Å². The van der Waals surface area contributed by atoms with Crippen molar-refractivity contribution in [3.05, 3.63) is 0 Å². The molecule has 0 unspecified atom stereocenters. The summed E-state index contributed by atoms with van der Waals surface area (Å²) in [6.07, 6.45) is 0. The SMILES string of the molecule is Cl.N#CSC[C@H]1NC(=O)[C@H]1N. The van der Waals surface area contributed by atoms with Crippen LogP contribution in [0, 0.1) is 10.7 Å². The molecular weight excluding hydrogens is 186 g/mol. The van der Waals surface area contributed by atoms with Crippen LogP contribution < -0.4 is 11.1 Å². The molecule has 1 aliphatic rings. The average Bonchev–Trinajstić information content (AvgIpc) is 1.97. The summed E-state index contributed by atoms with van der Waals surface area (Å²) in [5.74, 6) is 0.465. The minimum absolute atomic E-state index is 0. The van der Waals surface area contributed by atoms with Crippen LogP contribution in [0.2, 0.25) is 0 Å². The lowest BCUT2D eigenvalue weighted by molar-refractivity contribution is -0.129. The van der Waals surface area contributed by atoms with E-state index in [9.17, 15) is 4.79 Å². The highest BCUT2D eigenvalue weighted by molar-refractivity contribution is 8.03. The fraction of sp³-hybridized carbons (Fsp3) is 0.600. The molecule has 6 heteroatoms. The van der Waals surface area contributed by atoms with E-state index in [1.54, 1.807) is 0 Å². The second-order valence-electron chi connectivity index (χ2n) is 2.04. The summed E-state index contributed by atoms with van der Waals surface area (Å²) in [5.41, 5.74) is 5.37. The minimum atomic E-state index is -0.402. The number of rotatable bonds is 2. The third-order valence-corrected chi connectivity index (χ3v) is 2.05. The van der Waals surface area contributed by atoms with Crippen molar-refractivity contribution < 1.29 is 4.79 Å². The van der Waals surface area contributed by atoms with Gasteiger partial charge < -0.3 is 11.1 Å². The van der Waals surface area contributed by atoms with Crippen LogP contribution >= 0.6 is 24.2 Å². The maximum atomic E-state index is 10.5. The van der Waals surface area contributed by atoms with E-state index in [0.29, 0.717) is 5.75 Å². The predicted octanol–water partition coefficient (Wildman–Crippen LogP) is -0.552. The van der Waals surface area contributed by atoms with Crippen LogP contribution in [0.3, 0.4) is 0 Å². The molecule has 1 saturated heterocycles. The zero-order valence-electron chi connectivity index (χ0n) is 5.61. The van der Waals surface area contributed by atoms with Crippen molar-refractivity contribution >= 4 is 30.1 Å². The van der Waals surface area contributed by atoms with Crippen LogP contribution in [0.1, 0.15) is 0 Å². The topological polar surface area (TPSA) is 78.9 Å². The first-order valence-corrected chi connectivity index (χ1v) is 3.81. The number of amides is 1. The van der Waals surface area contributed by atoms with E-state index in [1.165, 1.54) is 0 Å². The van der Waals surface area contributed by atoms with Gasteiger partial charge in [0.1, 0.15) is 11.4 Å². The molecule has 1 amide bonds. The van der Waals surface area contributed by atoms with E-state index in [1.807, 2.05) is 5.40 Å². The van der Waals surface area contributed by atoms with Gasteiger partial charge in [0.05, 0.1) is 6.04 Å². The molecule has 4 nitrogen and oxygen atoms in total. The van der Waals surface area contributed by atoms with Crippen molar-refractivity contribution in [3.63, 3.8) is 0 Å². The van der Waals surface area contributed by atoms with Gasteiger partial charge in [0.2, 0.25) is 5.91 Å². The van der Waals surface area contributed by atoms with Crippen LogP contribution in [-0.4, -0.2) is 23.7 Å². The zero-order valence-corrected chi connectivity index (χ0v) is 7.24. The average molecular weight is 194 g/mol. The van der Waals surface area contributed by atoms with Gasteiger partial charge in [0.25, 0.3) is 0 Å². The normalized spacial score (nSPS) is 27.5. The van der Waals surface area contributed by atoms with Crippen LogP contribution in [0.25, 0.3) is 0 Å². The number of thioether (sulfide) groups is 1. The molecule has 0 aromatic carbocycles. The maximum Gasteiger partial charge on any atom is 0.239 e. The van der Waals surface area contributed by atoms with Gasteiger partial charge in [-0.05, 0) is 11.8 Å². The summed E-state index contributed by atoms with van der Waals surface area (Å²) >= 11 is 1.11. The molecule has 1 aliphatic heterocycles. The quantitative estimate of drug-likeness (QED) is 0.456. The molecule has 0 aliphatic carbocycles. The molecule has 3 N–H and O–H groups in total. The summed E-state index contributed by atoms with van der Waals surface area (Å²) < 4.78 is 0. The summed E-state index contributed by atoms with van der Waals surface area (Å²) in [6.45, 7) is 0. The van der Waals surface area contributed by atoms with Gasteiger partial charge in [0, 0.05) is 5.75 Å². The molecule has 1 fully saturated rings. The fourth-order valence-corrected chi connectivity index (χ4v) is 1.27. The van der Waals surface area contributed by atoms with Crippen LogP contribution in [0.15, 0.2) is 0 Å². The number of carbonyl (C=O) groups is 1. The second kappa shape index (κ2) is 4.44. The van der Waals surface area contributed by atoms with Gasteiger partial charge in [-0.15, -0.1) is 12.4 Å². The summed E-state index contributed by atoms with van der Waals surface area (Å²) in [5, 5.41) is 12.6. The third kappa shape index (κ3) is 2.26. The first kappa shape index (κ1) is 10.6. The van der Waals surface area contributed by atoms with Gasteiger partial charge in [-0.3, -0.25) is 4.79 Å². The van der Waals surface area contributed by atoms with Crippen LogP contribution in [-0.2, 0) is 4.79 Å². The van der Waals surface area contributed by atoms with Crippen molar-refractivity contribution in [1.29, 1.82) is 5.26 Å². The molecule has 0 aromatic rings. The molecule has 0 spiro atoms. The molecule has 1 rings (SSSR count). The highest BCUT2D eigenvalue weighted by Crippen LogP contribution is 2.09. The Morgan fingerprint density at radius 3 is 2.82 bits per heavy atom. The molecule has 62 valence electrons. The lowest BCUT2D eigenvalue weighted by Crippen LogP contribution is -2.67. The Balaban J connectivity index is 0.000001000. The minimum Gasteiger partial charge on any atom is -0.349 e. The molecule has 2 atom stereocenters. The molecule has 1 heterocycles. The lowest BCUT2D eigenvalue weighted by Gasteiger charge is -2.32. The van der Waals surface area contributed by atoms with Crippen molar-refractivity contribution in [2.75, 3.05) is 5.75 Å². The monoisotopic (exact) mass is 193 g/mol. The van der Waals surface area contributed by atoms with Gasteiger partial charge in [0.15, 0.2) is 0 Å². The molecular formula is C5H8ClN3OS. The number of nitriles is 1. The van der Waals surface area contributed by atoms with E-state index in [0.717, 1.165) is 11.8 Å². The number of nitrogens with zero attached hydrogens (tertiary/aromatic N) is 1. The molecule has 0 radical (unpaired) electrons. The van der Waals surface area contributed by atoms with Crippen molar-refractivity contribution in [3.8, 4) is 5.40 Å². The van der Waals surface area contributed by atoms with Gasteiger partial charge in [-0.1, -0.05) is 0 Å². The van der Waals surface area contributed by atoms with Crippen molar-refractivity contribution in [1.82, 2.24) is 5.32 Å². The number of nitrogens with two attached hydrogens (primary N) is 1. The lowest BCUT2D eigenvalue weighted by atomic mass is 10.0. The summed E-state index contributed by atoms with van der Waals surface area (Å²) in [4.78, 5) is 10.5. The number of β-lactam (4-membered cyclic amide) rings is 1. The van der Waals surface area contributed by atoms with E-state index < -0.39 is 6.04 Å². The smallest absolute Gasteiger partial charge is 0.239 e. The second-order valence-corrected chi connectivity index (χ2v) is 2.85. The largest absolute Gasteiger partial charge is 0.349 e. The maximum absolute atomic E-state index is 10.5. The summed E-state index contributed by atoms with van der Waals surface area (Å²) in [6, 6.07) is -0.405. The van der Waals surface area contributed by atoms with Crippen molar-refractivity contribution in [2.45, 2.75) is 12.1 Å². The Kier molecular flexibility index (Phi) is 4.26. The Bertz CT molecular complexity index is 193.